The van der Waals surface area contributed by atoms with Gasteiger partial charge in [0, 0.05) is 32.7 Å². The summed E-state index contributed by atoms with van der Waals surface area (Å²) >= 11 is 0. The molecule has 1 saturated heterocycles. The summed E-state index contributed by atoms with van der Waals surface area (Å²) in [7, 11) is 2.13. The summed E-state index contributed by atoms with van der Waals surface area (Å²) in [6.45, 7) is 6.48. The normalized spacial score (nSPS) is 19.6. The van der Waals surface area contributed by atoms with Gasteiger partial charge < -0.3 is 10.6 Å². The van der Waals surface area contributed by atoms with E-state index in [-0.39, 0.29) is 11.9 Å². The van der Waals surface area contributed by atoms with Gasteiger partial charge in [-0.1, -0.05) is 6.07 Å². The highest BCUT2D eigenvalue weighted by Crippen LogP contribution is 2.18. The maximum Gasteiger partial charge on any atom is 0.123 e. The predicted octanol–water partition coefficient (Wildman–Crippen LogP) is 0.886. The van der Waals surface area contributed by atoms with Crippen LogP contribution < -0.4 is 11.2 Å². The van der Waals surface area contributed by atoms with Crippen LogP contribution in [0.25, 0.3) is 0 Å². The lowest BCUT2D eigenvalue weighted by atomic mass is 10.0. The van der Waals surface area contributed by atoms with Gasteiger partial charge in [-0.05, 0) is 37.2 Å². The van der Waals surface area contributed by atoms with E-state index in [1.54, 1.807) is 6.07 Å². The lowest BCUT2D eigenvalue weighted by Gasteiger charge is -2.35. The van der Waals surface area contributed by atoms with Crippen LogP contribution in [0.5, 0.6) is 0 Å². The smallest absolute Gasteiger partial charge is 0.123 e. The fourth-order valence-corrected chi connectivity index (χ4v) is 2.44. The van der Waals surface area contributed by atoms with E-state index in [1.807, 2.05) is 13.0 Å². The molecule has 5 heteroatoms. The van der Waals surface area contributed by atoms with E-state index >= 15 is 0 Å². The zero-order valence-corrected chi connectivity index (χ0v) is 11.7. The van der Waals surface area contributed by atoms with E-state index in [1.165, 1.54) is 6.07 Å². The van der Waals surface area contributed by atoms with Crippen molar-refractivity contribution in [1.82, 2.24) is 15.3 Å². The van der Waals surface area contributed by atoms with Gasteiger partial charge in [-0.2, -0.15) is 0 Å². The van der Waals surface area contributed by atoms with Crippen molar-refractivity contribution in [2.75, 3.05) is 39.8 Å². The topological polar surface area (TPSA) is 44.5 Å². The predicted molar refractivity (Wildman–Crippen MR) is 75.1 cm³/mol. The molecule has 1 atom stereocenters. The molecular formula is C14H23FN4. The van der Waals surface area contributed by atoms with Crippen LogP contribution in [-0.2, 0) is 0 Å². The Labute approximate surface area is 114 Å². The third kappa shape index (κ3) is 3.73. The summed E-state index contributed by atoms with van der Waals surface area (Å²) in [6.07, 6.45) is 0. The fraction of sp³-hybridized carbons (Fsp3) is 0.571. The standard InChI is InChI=1S/C14H23FN4/c1-11-9-12(15)3-4-13(11)14(10-16)17-19-7-5-18(2)6-8-19/h3-4,9,14,17H,5-8,10,16H2,1-2H3. The first-order valence-electron chi connectivity index (χ1n) is 6.76. The van der Waals surface area contributed by atoms with Crippen molar-refractivity contribution < 1.29 is 4.39 Å². The summed E-state index contributed by atoms with van der Waals surface area (Å²) < 4.78 is 13.1. The number of hydrogen-bond acceptors (Lipinski definition) is 4. The van der Waals surface area contributed by atoms with Gasteiger partial charge in [0.2, 0.25) is 0 Å². The molecule has 0 amide bonds. The highest BCUT2D eigenvalue weighted by Gasteiger charge is 2.19. The van der Waals surface area contributed by atoms with Crippen LogP contribution in [0.2, 0.25) is 0 Å². The summed E-state index contributed by atoms with van der Waals surface area (Å²) in [4.78, 5) is 2.30. The fourth-order valence-electron chi connectivity index (χ4n) is 2.44. The van der Waals surface area contributed by atoms with Crippen molar-refractivity contribution in [3.8, 4) is 0 Å². The molecule has 0 radical (unpaired) electrons. The van der Waals surface area contributed by atoms with Crippen molar-refractivity contribution in [2.45, 2.75) is 13.0 Å². The van der Waals surface area contributed by atoms with Gasteiger partial charge in [0.25, 0.3) is 0 Å². The van der Waals surface area contributed by atoms with Crippen LogP contribution in [0.3, 0.4) is 0 Å². The Balaban J connectivity index is 2.03. The largest absolute Gasteiger partial charge is 0.329 e. The van der Waals surface area contributed by atoms with E-state index in [0.717, 1.165) is 37.3 Å². The van der Waals surface area contributed by atoms with Gasteiger partial charge in [0.15, 0.2) is 0 Å². The highest BCUT2D eigenvalue weighted by molar-refractivity contribution is 5.29. The molecule has 0 saturated carbocycles. The number of rotatable bonds is 4. The minimum atomic E-state index is -0.198. The van der Waals surface area contributed by atoms with E-state index in [0.29, 0.717) is 6.54 Å². The van der Waals surface area contributed by atoms with Gasteiger partial charge in [-0.15, -0.1) is 0 Å². The Hall–Kier alpha value is -1.01. The van der Waals surface area contributed by atoms with E-state index < -0.39 is 0 Å². The van der Waals surface area contributed by atoms with Crippen LogP contribution in [-0.4, -0.2) is 49.7 Å². The molecular weight excluding hydrogens is 243 g/mol. The molecule has 1 unspecified atom stereocenters. The molecule has 1 aliphatic heterocycles. The van der Waals surface area contributed by atoms with Gasteiger partial charge in [0.1, 0.15) is 5.82 Å². The van der Waals surface area contributed by atoms with Gasteiger partial charge in [-0.3, -0.25) is 0 Å². The zero-order valence-electron chi connectivity index (χ0n) is 11.7. The van der Waals surface area contributed by atoms with Gasteiger partial charge in [0.05, 0.1) is 6.04 Å². The lowest BCUT2D eigenvalue weighted by Crippen LogP contribution is -2.52. The summed E-state index contributed by atoms with van der Waals surface area (Å²) in [6, 6.07) is 4.93. The number of piperazine rings is 1. The molecule has 19 heavy (non-hydrogen) atoms. The van der Waals surface area contributed by atoms with Crippen molar-refractivity contribution in [2.24, 2.45) is 5.73 Å². The average Bonchev–Trinajstić information content (AvgIpc) is 2.39. The van der Waals surface area contributed by atoms with Crippen LogP contribution in [0.15, 0.2) is 18.2 Å². The Bertz CT molecular complexity index is 416. The zero-order chi connectivity index (χ0) is 13.8. The van der Waals surface area contributed by atoms with E-state index in [9.17, 15) is 4.39 Å². The Morgan fingerprint density at radius 1 is 1.32 bits per heavy atom. The second-order valence-corrected chi connectivity index (χ2v) is 5.21. The number of nitrogens with two attached hydrogens (primary N) is 1. The molecule has 1 heterocycles. The first-order chi connectivity index (χ1) is 9.10. The summed E-state index contributed by atoms with van der Waals surface area (Å²) in [5, 5.41) is 2.21. The molecule has 1 aromatic rings. The van der Waals surface area contributed by atoms with Crippen molar-refractivity contribution in [3.05, 3.63) is 35.1 Å². The number of likely N-dealkylation sites (N-methyl/N-ethyl adjacent to an activating group) is 1. The Morgan fingerprint density at radius 2 is 2.00 bits per heavy atom. The SMILES string of the molecule is Cc1cc(F)ccc1C(CN)NN1CCN(C)CC1. The average molecular weight is 266 g/mol. The summed E-state index contributed by atoms with van der Waals surface area (Å²) in [5.41, 5.74) is 11.3. The van der Waals surface area contributed by atoms with Crippen LogP contribution >= 0.6 is 0 Å². The number of hydrogen-bond donors (Lipinski definition) is 2. The number of halogens is 1. The number of benzene rings is 1. The molecule has 1 fully saturated rings. The Morgan fingerprint density at radius 3 is 2.58 bits per heavy atom. The number of hydrazine groups is 1. The van der Waals surface area contributed by atoms with Crippen LogP contribution in [0, 0.1) is 12.7 Å². The quantitative estimate of drug-likeness (QED) is 0.849. The molecule has 0 bridgehead atoms. The van der Waals surface area contributed by atoms with Crippen molar-refractivity contribution in [1.29, 1.82) is 0 Å². The third-order valence-electron chi connectivity index (χ3n) is 3.68. The van der Waals surface area contributed by atoms with E-state index in [2.05, 4.69) is 22.4 Å². The minimum Gasteiger partial charge on any atom is -0.329 e. The number of nitrogens with one attached hydrogen (secondary N) is 1. The molecule has 2 rings (SSSR count). The molecule has 1 aliphatic rings. The molecule has 0 aromatic heterocycles. The van der Waals surface area contributed by atoms with Gasteiger partial charge >= 0.3 is 0 Å². The van der Waals surface area contributed by atoms with Crippen LogP contribution in [0.4, 0.5) is 4.39 Å². The monoisotopic (exact) mass is 266 g/mol. The maximum absolute atomic E-state index is 13.1. The van der Waals surface area contributed by atoms with Crippen molar-refractivity contribution in [3.63, 3.8) is 0 Å². The second-order valence-electron chi connectivity index (χ2n) is 5.21. The van der Waals surface area contributed by atoms with Gasteiger partial charge in [-0.25, -0.2) is 14.8 Å². The second kappa shape index (κ2) is 6.43. The molecule has 0 aliphatic carbocycles. The lowest BCUT2D eigenvalue weighted by molar-refractivity contribution is 0.0879. The molecule has 0 spiro atoms. The first-order valence-corrected chi connectivity index (χ1v) is 6.76. The highest BCUT2D eigenvalue weighted by atomic mass is 19.1. The van der Waals surface area contributed by atoms with Crippen LogP contribution in [0.1, 0.15) is 17.2 Å². The number of nitrogens with zero attached hydrogens (tertiary/aromatic N) is 2. The van der Waals surface area contributed by atoms with E-state index in [4.69, 9.17) is 5.73 Å². The van der Waals surface area contributed by atoms with Crippen molar-refractivity contribution >= 4 is 0 Å². The third-order valence-corrected chi connectivity index (χ3v) is 3.68. The molecule has 106 valence electrons. The number of aryl methyl sites for hydroxylation is 1. The molecule has 4 nitrogen and oxygen atoms in total. The minimum absolute atomic E-state index is 0.0454. The maximum atomic E-state index is 13.1. The summed E-state index contributed by atoms with van der Waals surface area (Å²) in [5.74, 6) is -0.198. The first kappa shape index (κ1) is 14.4. The molecule has 3 N–H and O–H groups in total. The molecule has 1 aromatic carbocycles. The Kier molecular flexibility index (Phi) is 4.87.